The Balaban J connectivity index is 0.000000640. The summed E-state index contributed by atoms with van der Waals surface area (Å²) in [4.78, 5) is 0. The van der Waals surface area contributed by atoms with Crippen molar-refractivity contribution >= 4 is 44.9 Å². The summed E-state index contributed by atoms with van der Waals surface area (Å²) in [6, 6.07) is 0. The van der Waals surface area contributed by atoms with E-state index in [9.17, 15) is 0 Å². The first-order valence-electron chi connectivity index (χ1n) is 2.09. The van der Waals surface area contributed by atoms with E-state index in [-0.39, 0.29) is 12.4 Å². The standard InChI is InChI=1S/C4H5BrN2S.ClH/c1-2-3(5)4(6)8-7-2;/h6H2,1H3;1H. The zero-order chi connectivity index (χ0) is 6.15. The highest BCUT2D eigenvalue weighted by molar-refractivity contribution is 9.10. The number of nitrogens with zero attached hydrogens (tertiary/aromatic N) is 1. The van der Waals surface area contributed by atoms with Crippen molar-refractivity contribution in [3.63, 3.8) is 0 Å². The SMILES string of the molecule is Cc1nsc(N)c1Br.Cl. The predicted octanol–water partition coefficient (Wildman–Crippen LogP) is 2.22. The maximum Gasteiger partial charge on any atom is 0.121 e. The summed E-state index contributed by atoms with van der Waals surface area (Å²) in [5.74, 6) is 0. The van der Waals surface area contributed by atoms with Gasteiger partial charge in [-0.3, -0.25) is 0 Å². The fourth-order valence-electron chi connectivity index (χ4n) is 0.376. The summed E-state index contributed by atoms with van der Waals surface area (Å²) < 4.78 is 4.92. The molecule has 1 rings (SSSR count). The average Bonchev–Trinajstić information content (AvgIpc) is 1.98. The molecule has 9 heavy (non-hydrogen) atoms. The zero-order valence-electron chi connectivity index (χ0n) is 4.72. The molecule has 0 aliphatic rings. The van der Waals surface area contributed by atoms with Crippen molar-refractivity contribution in [2.75, 3.05) is 5.73 Å². The van der Waals surface area contributed by atoms with Gasteiger partial charge in [0.05, 0.1) is 10.2 Å². The molecule has 0 saturated carbocycles. The van der Waals surface area contributed by atoms with Crippen LogP contribution in [0, 0.1) is 6.92 Å². The molecule has 0 bridgehead atoms. The lowest BCUT2D eigenvalue weighted by Gasteiger charge is -1.81. The number of anilines is 1. The lowest BCUT2D eigenvalue weighted by Crippen LogP contribution is -1.77. The van der Waals surface area contributed by atoms with Gasteiger partial charge >= 0.3 is 0 Å². The van der Waals surface area contributed by atoms with Crippen LogP contribution in [0.25, 0.3) is 0 Å². The first-order valence-corrected chi connectivity index (χ1v) is 3.65. The van der Waals surface area contributed by atoms with Crippen LogP contribution in [0.5, 0.6) is 0 Å². The Bertz CT molecular complexity index is 181. The fourth-order valence-corrected chi connectivity index (χ4v) is 1.35. The van der Waals surface area contributed by atoms with Crippen LogP contribution in [0.4, 0.5) is 5.00 Å². The van der Waals surface area contributed by atoms with E-state index < -0.39 is 0 Å². The van der Waals surface area contributed by atoms with Crippen LogP contribution in [0.15, 0.2) is 4.47 Å². The smallest absolute Gasteiger partial charge is 0.121 e. The summed E-state index contributed by atoms with van der Waals surface area (Å²) in [5.41, 5.74) is 6.42. The molecule has 0 aliphatic carbocycles. The third-order valence-electron chi connectivity index (χ3n) is 0.815. The lowest BCUT2D eigenvalue weighted by molar-refractivity contribution is 1.32. The molecule has 5 heteroatoms. The van der Waals surface area contributed by atoms with E-state index in [1.807, 2.05) is 6.92 Å². The predicted molar refractivity (Wildman–Crippen MR) is 46.2 cm³/mol. The number of halogens is 2. The molecule has 1 aromatic rings. The summed E-state index contributed by atoms with van der Waals surface area (Å²) >= 11 is 4.58. The molecule has 0 aromatic carbocycles. The molecule has 0 unspecified atom stereocenters. The summed E-state index contributed by atoms with van der Waals surface area (Å²) in [6.07, 6.45) is 0. The van der Waals surface area contributed by atoms with Gasteiger partial charge in [0.25, 0.3) is 0 Å². The third-order valence-corrected chi connectivity index (χ3v) is 2.84. The fraction of sp³-hybridized carbons (Fsp3) is 0.250. The van der Waals surface area contributed by atoms with Crippen molar-refractivity contribution < 1.29 is 0 Å². The topological polar surface area (TPSA) is 38.9 Å². The Kier molecular flexibility index (Phi) is 3.46. The van der Waals surface area contributed by atoms with Gasteiger partial charge < -0.3 is 5.73 Å². The molecular weight excluding hydrogens is 223 g/mol. The van der Waals surface area contributed by atoms with Gasteiger partial charge in [-0.1, -0.05) is 0 Å². The molecule has 0 spiro atoms. The Morgan fingerprint density at radius 1 is 1.67 bits per heavy atom. The highest BCUT2D eigenvalue weighted by Gasteiger charge is 2.00. The van der Waals surface area contributed by atoms with Gasteiger partial charge in [0.15, 0.2) is 0 Å². The maximum atomic E-state index is 5.45. The van der Waals surface area contributed by atoms with Crippen molar-refractivity contribution in [1.29, 1.82) is 0 Å². The third kappa shape index (κ3) is 1.81. The van der Waals surface area contributed by atoms with Crippen molar-refractivity contribution in [3.05, 3.63) is 10.2 Å². The normalized spacial score (nSPS) is 8.67. The number of nitrogens with two attached hydrogens (primary N) is 1. The molecule has 52 valence electrons. The Morgan fingerprint density at radius 2 is 2.22 bits per heavy atom. The van der Waals surface area contributed by atoms with Crippen LogP contribution in [0.1, 0.15) is 5.69 Å². The second-order valence-electron chi connectivity index (χ2n) is 1.45. The van der Waals surface area contributed by atoms with Crippen LogP contribution >= 0.6 is 39.9 Å². The van der Waals surface area contributed by atoms with Crippen LogP contribution in [-0.4, -0.2) is 4.37 Å². The summed E-state index contributed by atoms with van der Waals surface area (Å²) in [7, 11) is 0. The average molecular weight is 230 g/mol. The largest absolute Gasteiger partial charge is 0.388 e. The maximum absolute atomic E-state index is 5.45. The van der Waals surface area contributed by atoms with Gasteiger partial charge in [-0.2, -0.15) is 4.37 Å². The summed E-state index contributed by atoms with van der Waals surface area (Å²) in [6.45, 7) is 1.91. The molecule has 2 nitrogen and oxygen atoms in total. The summed E-state index contributed by atoms with van der Waals surface area (Å²) in [5, 5.41) is 0.752. The van der Waals surface area contributed by atoms with Crippen molar-refractivity contribution in [2.45, 2.75) is 6.92 Å². The van der Waals surface area contributed by atoms with Crippen LogP contribution in [0.3, 0.4) is 0 Å². The van der Waals surface area contributed by atoms with Crippen LogP contribution in [-0.2, 0) is 0 Å². The van der Waals surface area contributed by atoms with E-state index >= 15 is 0 Å². The van der Waals surface area contributed by atoms with E-state index in [4.69, 9.17) is 5.73 Å². The number of rotatable bonds is 0. The second-order valence-corrected chi connectivity index (χ2v) is 3.04. The van der Waals surface area contributed by atoms with Crippen molar-refractivity contribution in [2.24, 2.45) is 0 Å². The highest BCUT2D eigenvalue weighted by Crippen LogP contribution is 2.25. The molecule has 0 fully saturated rings. The molecule has 2 N–H and O–H groups in total. The number of aromatic nitrogens is 1. The van der Waals surface area contributed by atoms with Crippen molar-refractivity contribution in [1.82, 2.24) is 4.37 Å². The first-order chi connectivity index (χ1) is 3.72. The molecule has 0 amide bonds. The van der Waals surface area contributed by atoms with Gasteiger partial charge in [-0.25, -0.2) is 0 Å². The van der Waals surface area contributed by atoms with Gasteiger partial charge in [0.2, 0.25) is 0 Å². The van der Waals surface area contributed by atoms with Gasteiger partial charge in [-0.15, -0.1) is 12.4 Å². The van der Waals surface area contributed by atoms with Crippen LogP contribution < -0.4 is 5.73 Å². The molecule has 0 radical (unpaired) electrons. The quantitative estimate of drug-likeness (QED) is 0.741. The number of aryl methyl sites for hydroxylation is 1. The molecular formula is C4H6BrClN2S. The molecule has 0 saturated heterocycles. The number of hydrogen-bond acceptors (Lipinski definition) is 3. The molecule has 0 aliphatic heterocycles. The van der Waals surface area contributed by atoms with E-state index in [2.05, 4.69) is 20.3 Å². The Hall–Kier alpha value is 0.200. The second kappa shape index (κ2) is 3.39. The molecule has 1 aromatic heterocycles. The van der Waals surface area contributed by atoms with Gasteiger partial charge in [0.1, 0.15) is 5.00 Å². The lowest BCUT2D eigenvalue weighted by atomic mass is 10.5. The highest BCUT2D eigenvalue weighted by atomic mass is 79.9. The van der Waals surface area contributed by atoms with Gasteiger partial charge in [-0.05, 0) is 34.4 Å². The van der Waals surface area contributed by atoms with Crippen LogP contribution in [0.2, 0.25) is 0 Å². The monoisotopic (exact) mass is 228 g/mol. The van der Waals surface area contributed by atoms with E-state index in [0.717, 1.165) is 15.2 Å². The van der Waals surface area contributed by atoms with Crippen molar-refractivity contribution in [3.8, 4) is 0 Å². The minimum Gasteiger partial charge on any atom is -0.388 e. The molecule has 0 atom stereocenters. The Morgan fingerprint density at radius 3 is 2.33 bits per heavy atom. The minimum atomic E-state index is 0. The number of nitrogen functional groups attached to an aromatic ring is 1. The van der Waals surface area contributed by atoms with E-state index in [1.54, 1.807) is 0 Å². The molecule has 1 heterocycles. The first kappa shape index (κ1) is 9.20. The van der Waals surface area contributed by atoms with E-state index in [0.29, 0.717) is 0 Å². The van der Waals surface area contributed by atoms with E-state index in [1.165, 1.54) is 11.5 Å². The van der Waals surface area contributed by atoms with Gasteiger partial charge in [0, 0.05) is 0 Å². The number of hydrogen-bond donors (Lipinski definition) is 1. The zero-order valence-corrected chi connectivity index (χ0v) is 7.94. The minimum absolute atomic E-state index is 0. The Labute approximate surface area is 72.2 Å².